The van der Waals surface area contributed by atoms with Crippen LogP contribution in [0.5, 0.6) is 0 Å². The van der Waals surface area contributed by atoms with E-state index in [-0.39, 0.29) is 0 Å². The van der Waals surface area contributed by atoms with Crippen molar-refractivity contribution in [2.24, 2.45) is 0 Å². The lowest BCUT2D eigenvalue weighted by atomic mass is 10.0. The number of nitrogens with one attached hydrogen (secondary N) is 1. The molecule has 0 atom stereocenters. The number of nitrogens with zero attached hydrogens (tertiary/aromatic N) is 1. The van der Waals surface area contributed by atoms with Gasteiger partial charge in [-0.2, -0.15) is 0 Å². The molecule has 0 saturated carbocycles. The SMILES string of the molecule is CNCc1cc(Cl)ccc1-c1ccccn1. The molecule has 0 aliphatic heterocycles. The molecule has 0 unspecified atom stereocenters. The summed E-state index contributed by atoms with van der Waals surface area (Å²) >= 11 is 5.99. The van der Waals surface area contributed by atoms with Gasteiger partial charge in [0.1, 0.15) is 0 Å². The Morgan fingerprint density at radius 2 is 2.12 bits per heavy atom. The van der Waals surface area contributed by atoms with E-state index in [1.54, 1.807) is 6.20 Å². The summed E-state index contributed by atoms with van der Waals surface area (Å²) < 4.78 is 0. The van der Waals surface area contributed by atoms with E-state index in [4.69, 9.17) is 11.6 Å². The van der Waals surface area contributed by atoms with Crippen molar-refractivity contribution in [3.8, 4) is 11.3 Å². The van der Waals surface area contributed by atoms with E-state index in [9.17, 15) is 0 Å². The Balaban J connectivity index is 2.48. The van der Waals surface area contributed by atoms with Crippen LogP contribution in [0.25, 0.3) is 11.3 Å². The van der Waals surface area contributed by atoms with Crippen molar-refractivity contribution < 1.29 is 0 Å². The van der Waals surface area contributed by atoms with Crippen LogP contribution in [0.2, 0.25) is 5.02 Å². The Kier molecular flexibility index (Phi) is 3.54. The predicted molar refractivity (Wildman–Crippen MR) is 67.4 cm³/mol. The lowest BCUT2D eigenvalue weighted by Gasteiger charge is -2.09. The number of benzene rings is 1. The van der Waals surface area contributed by atoms with Crippen molar-refractivity contribution in [2.75, 3.05) is 7.05 Å². The molecule has 0 aliphatic carbocycles. The zero-order valence-electron chi connectivity index (χ0n) is 9.07. The maximum absolute atomic E-state index is 5.99. The van der Waals surface area contributed by atoms with E-state index >= 15 is 0 Å². The van der Waals surface area contributed by atoms with Gasteiger partial charge in [-0.25, -0.2) is 0 Å². The summed E-state index contributed by atoms with van der Waals surface area (Å²) in [5.41, 5.74) is 3.26. The van der Waals surface area contributed by atoms with Gasteiger partial charge < -0.3 is 5.32 Å². The van der Waals surface area contributed by atoms with Crippen molar-refractivity contribution >= 4 is 11.6 Å². The number of hydrogen-bond acceptors (Lipinski definition) is 2. The molecule has 1 aromatic heterocycles. The van der Waals surface area contributed by atoms with Crippen LogP contribution in [0.1, 0.15) is 5.56 Å². The van der Waals surface area contributed by atoms with E-state index in [1.165, 1.54) is 0 Å². The second-order valence-corrected chi connectivity index (χ2v) is 3.98. The first-order valence-electron chi connectivity index (χ1n) is 5.15. The molecule has 0 bridgehead atoms. The number of hydrogen-bond donors (Lipinski definition) is 1. The number of pyridine rings is 1. The van der Waals surface area contributed by atoms with Gasteiger partial charge in [-0.15, -0.1) is 0 Å². The van der Waals surface area contributed by atoms with Gasteiger partial charge in [0, 0.05) is 23.3 Å². The van der Waals surface area contributed by atoms with Crippen LogP contribution in [-0.4, -0.2) is 12.0 Å². The molecule has 2 rings (SSSR count). The van der Waals surface area contributed by atoms with Crippen molar-refractivity contribution in [3.63, 3.8) is 0 Å². The van der Waals surface area contributed by atoms with Crippen molar-refractivity contribution in [1.29, 1.82) is 0 Å². The van der Waals surface area contributed by atoms with Gasteiger partial charge in [0.25, 0.3) is 0 Å². The van der Waals surface area contributed by atoms with Gasteiger partial charge in [-0.3, -0.25) is 4.98 Å². The molecule has 1 aromatic carbocycles. The minimum atomic E-state index is 0.755. The summed E-state index contributed by atoms with van der Waals surface area (Å²) in [6, 6.07) is 11.8. The Morgan fingerprint density at radius 1 is 1.25 bits per heavy atom. The average molecular weight is 233 g/mol. The predicted octanol–water partition coefficient (Wildman–Crippen LogP) is 3.12. The lowest BCUT2D eigenvalue weighted by Crippen LogP contribution is -2.06. The third kappa shape index (κ3) is 2.40. The Morgan fingerprint density at radius 3 is 2.81 bits per heavy atom. The molecule has 16 heavy (non-hydrogen) atoms. The standard InChI is InChI=1S/C13H13ClN2/c1-15-9-10-8-11(14)5-6-12(10)13-4-2-3-7-16-13/h2-8,15H,9H2,1H3. The molecule has 0 amide bonds. The zero-order valence-corrected chi connectivity index (χ0v) is 9.83. The molecular weight excluding hydrogens is 220 g/mol. The lowest BCUT2D eigenvalue weighted by molar-refractivity contribution is 0.819. The van der Waals surface area contributed by atoms with Crippen molar-refractivity contribution in [1.82, 2.24) is 10.3 Å². The molecule has 3 heteroatoms. The summed E-state index contributed by atoms with van der Waals surface area (Å²) in [7, 11) is 1.92. The first kappa shape index (κ1) is 11.1. The van der Waals surface area contributed by atoms with Crippen molar-refractivity contribution in [3.05, 3.63) is 53.2 Å². The van der Waals surface area contributed by atoms with Crippen LogP contribution in [0, 0.1) is 0 Å². The second kappa shape index (κ2) is 5.10. The van der Waals surface area contributed by atoms with Crippen LogP contribution in [0.4, 0.5) is 0 Å². The fraction of sp³-hybridized carbons (Fsp3) is 0.154. The second-order valence-electron chi connectivity index (χ2n) is 3.55. The fourth-order valence-corrected chi connectivity index (χ4v) is 1.87. The topological polar surface area (TPSA) is 24.9 Å². The minimum absolute atomic E-state index is 0.755. The molecule has 0 spiro atoms. The number of rotatable bonds is 3. The number of halogens is 1. The maximum atomic E-state index is 5.99. The molecular formula is C13H13ClN2. The third-order valence-electron chi connectivity index (χ3n) is 2.38. The zero-order chi connectivity index (χ0) is 11.4. The minimum Gasteiger partial charge on any atom is -0.316 e. The van der Waals surface area contributed by atoms with Gasteiger partial charge in [0.2, 0.25) is 0 Å². The molecule has 0 aliphatic rings. The van der Waals surface area contributed by atoms with Crippen LogP contribution in [0.3, 0.4) is 0 Å². The smallest absolute Gasteiger partial charge is 0.0705 e. The maximum Gasteiger partial charge on any atom is 0.0705 e. The van der Waals surface area contributed by atoms with E-state index in [1.807, 2.05) is 43.4 Å². The molecule has 0 radical (unpaired) electrons. The molecule has 2 aromatic rings. The van der Waals surface area contributed by atoms with Gasteiger partial charge in [0.15, 0.2) is 0 Å². The van der Waals surface area contributed by atoms with E-state index in [0.29, 0.717) is 0 Å². The van der Waals surface area contributed by atoms with Crippen LogP contribution in [-0.2, 0) is 6.54 Å². The summed E-state index contributed by atoms with van der Waals surface area (Å²) in [5.74, 6) is 0. The molecule has 0 fully saturated rings. The highest BCUT2D eigenvalue weighted by molar-refractivity contribution is 6.30. The summed E-state index contributed by atoms with van der Waals surface area (Å²) in [6.45, 7) is 0.784. The van der Waals surface area contributed by atoms with E-state index in [0.717, 1.165) is 28.4 Å². The summed E-state index contributed by atoms with van der Waals surface area (Å²) in [4.78, 5) is 4.35. The Bertz CT molecular complexity index is 469. The highest BCUT2D eigenvalue weighted by atomic mass is 35.5. The molecule has 1 N–H and O–H groups in total. The van der Waals surface area contributed by atoms with Crippen LogP contribution in [0.15, 0.2) is 42.6 Å². The molecule has 2 nitrogen and oxygen atoms in total. The van der Waals surface area contributed by atoms with E-state index < -0.39 is 0 Å². The fourth-order valence-electron chi connectivity index (χ4n) is 1.67. The normalized spacial score (nSPS) is 10.4. The van der Waals surface area contributed by atoms with Gasteiger partial charge in [0.05, 0.1) is 5.69 Å². The first-order chi connectivity index (χ1) is 7.81. The van der Waals surface area contributed by atoms with Crippen molar-refractivity contribution in [2.45, 2.75) is 6.54 Å². The van der Waals surface area contributed by atoms with Crippen LogP contribution < -0.4 is 5.32 Å². The average Bonchev–Trinajstić information content (AvgIpc) is 2.31. The highest BCUT2D eigenvalue weighted by Crippen LogP contribution is 2.24. The van der Waals surface area contributed by atoms with Crippen LogP contribution >= 0.6 is 11.6 Å². The van der Waals surface area contributed by atoms with E-state index in [2.05, 4.69) is 10.3 Å². The third-order valence-corrected chi connectivity index (χ3v) is 2.61. The Labute approximate surface area is 100 Å². The monoisotopic (exact) mass is 232 g/mol. The molecule has 1 heterocycles. The van der Waals surface area contributed by atoms with Gasteiger partial charge in [-0.05, 0) is 36.9 Å². The largest absolute Gasteiger partial charge is 0.316 e. The summed E-state index contributed by atoms with van der Waals surface area (Å²) in [6.07, 6.45) is 1.80. The summed E-state index contributed by atoms with van der Waals surface area (Å²) in [5, 5.41) is 3.89. The quantitative estimate of drug-likeness (QED) is 0.880. The first-order valence-corrected chi connectivity index (χ1v) is 5.53. The molecule has 0 saturated heterocycles. The highest BCUT2D eigenvalue weighted by Gasteiger charge is 2.05. The number of aromatic nitrogens is 1. The van der Waals surface area contributed by atoms with Gasteiger partial charge in [-0.1, -0.05) is 23.7 Å². The Hall–Kier alpha value is -1.38. The molecule has 82 valence electrons. The van der Waals surface area contributed by atoms with Gasteiger partial charge >= 0.3 is 0 Å².